The predicted molar refractivity (Wildman–Crippen MR) is 85.6 cm³/mol. The maximum Gasteiger partial charge on any atom is 0.410 e. The van der Waals surface area contributed by atoms with Crippen molar-refractivity contribution in [1.82, 2.24) is 9.80 Å². The number of amides is 1. The molecule has 1 unspecified atom stereocenters. The number of nitrogens with two attached hydrogens (primary N) is 1. The van der Waals surface area contributed by atoms with Crippen LogP contribution in [0.3, 0.4) is 0 Å². The third-order valence-corrected chi connectivity index (χ3v) is 4.92. The van der Waals surface area contributed by atoms with Gasteiger partial charge in [-0.05, 0) is 53.5 Å². The molecule has 0 aliphatic carbocycles. The Kier molecular flexibility index (Phi) is 4.76. The van der Waals surface area contributed by atoms with E-state index in [1.165, 1.54) is 0 Å². The quantitative estimate of drug-likeness (QED) is 0.760. The van der Waals surface area contributed by atoms with Gasteiger partial charge < -0.3 is 25.4 Å². The lowest BCUT2D eigenvalue weighted by molar-refractivity contribution is -0.0987. The highest BCUT2D eigenvalue weighted by Gasteiger charge is 2.51. The van der Waals surface area contributed by atoms with Crippen LogP contribution < -0.4 is 5.73 Å². The van der Waals surface area contributed by atoms with E-state index in [0.717, 1.165) is 25.9 Å². The SMILES string of the molecule is CN1CCC(O)(C2(N)CCCN(C(=O)OC(C)(C)C)C2)CC1. The molecule has 0 spiro atoms. The number of aliphatic hydroxyl groups is 1. The van der Waals surface area contributed by atoms with E-state index in [1.54, 1.807) is 4.90 Å². The van der Waals surface area contributed by atoms with Gasteiger partial charge >= 0.3 is 6.09 Å². The van der Waals surface area contributed by atoms with Gasteiger partial charge in [0.25, 0.3) is 0 Å². The summed E-state index contributed by atoms with van der Waals surface area (Å²) in [7, 11) is 2.05. The number of likely N-dealkylation sites (tertiary alicyclic amines) is 2. The highest BCUT2D eigenvalue weighted by molar-refractivity contribution is 5.68. The van der Waals surface area contributed by atoms with Gasteiger partial charge in [0.2, 0.25) is 0 Å². The number of carbonyl (C=O) groups is 1. The van der Waals surface area contributed by atoms with Crippen LogP contribution in [0.4, 0.5) is 4.79 Å². The van der Waals surface area contributed by atoms with E-state index in [-0.39, 0.29) is 6.09 Å². The van der Waals surface area contributed by atoms with Crippen molar-refractivity contribution in [2.24, 2.45) is 5.73 Å². The first-order chi connectivity index (χ1) is 10.0. The van der Waals surface area contributed by atoms with Crippen LogP contribution in [-0.4, -0.2) is 71.0 Å². The Bertz CT molecular complexity index is 413. The molecule has 6 nitrogen and oxygen atoms in total. The topological polar surface area (TPSA) is 79.0 Å². The second-order valence-electron chi connectivity index (χ2n) is 8.00. The van der Waals surface area contributed by atoms with Crippen LogP contribution >= 0.6 is 0 Å². The van der Waals surface area contributed by atoms with E-state index in [2.05, 4.69) is 11.9 Å². The van der Waals surface area contributed by atoms with E-state index in [0.29, 0.717) is 25.9 Å². The third-order valence-electron chi connectivity index (χ3n) is 4.92. The number of hydrogen-bond acceptors (Lipinski definition) is 5. The number of ether oxygens (including phenoxy) is 1. The molecule has 0 bridgehead atoms. The van der Waals surface area contributed by atoms with Crippen molar-refractivity contribution in [1.29, 1.82) is 0 Å². The molecule has 0 aromatic carbocycles. The summed E-state index contributed by atoms with van der Waals surface area (Å²) >= 11 is 0. The maximum atomic E-state index is 12.3. The number of nitrogens with zero attached hydrogens (tertiary/aromatic N) is 2. The fraction of sp³-hybridized carbons (Fsp3) is 0.938. The standard InChI is InChI=1S/C16H31N3O3/c1-14(2,3)22-13(20)19-9-5-6-15(17,12-19)16(21)7-10-18(4)11-8-16/h21H,5-12,17H2,1-4H3. The first-order valence-electron chi connectivity index (χ1n) is 8.22. The largest absolute Gasteiger partial charge is 0.444 e. The molecule has 2 aliphatic rings. The van der Waals surface area contributed by atoms with Gasteiger partial charge in [0, 0.05) is 26.2 Å². The predicted octanol–water partition coefficient (Wildman–Crippen LogP) is 1.17. The molecule has 2 saturated heterocycles. The van der Waals surface area contributed by atoms with Crippen molar-refractivity contribution in [3.8, 4) is 0 Å². The molecule has 0 saturated carbocycles. The first kappa shape index (κ1) is 17.5. The number of piperidine rings is 2. The van der Waals surface area contributed by atoms with E-state index in [4.69, 9.17) is 10.5 Å². The minimum Gasteiger partial charge on any atom is -0.444 e. The van der Waals surface area contributed by atoms with Crippen LogP contribution in [0.1, 0.15) is 46.5 Å². The van der Waals surface area contributed by atoms with Gasteiger partial charge in [-0.2, -0.15) is 0 Å². The summed E-state index contributed by atoms with van der Waals surface area (Å²) in [6, 6.07) is 0. The van der Waals surface area contributed by atoms with Crippen LogP contribution in [0.2, 0.25) is 0 Å². The van der Waals surface area contributed by atoms with Crippen molar-refractivity contribution >= 4 is 6.09 Å². The van der Waals surface area contributed by atoms with Gasteiger partial charge in [-0.15, -0.1) is 0 Å². The summed E-state index contributed by atoms with van der Waals surface area (Å²) in [5.41, 5.74) is 4.42. The Morgan fingerprint density at radius 1 is 1.18 bits per heavy atom. The van der Waals surface area contributed by atoms with Crippen molar-refractivity contribution in [3.05, 3.63) is 0 Å². The van der Waals surface area contributed by atoms with Gasteiger partial charge in [0.05, 0.1) is 11.1 Å². The Hall–Kier alpha value is -0.850. The molecule has 0 aromatic heterocycles. The van der Waals surface area contributed by atoms with Crippen molar-refractivity contribution in [2.45, 2.75) is 63.2 Å². The molecule has 6 heteroatoms. The molecule has 1 atom stereocenters. The summed E-state index contributed by atoms with van der Waals surface area (Å²) in [4.78, 5) is 16.2. The molecular formula is C16H31N3O3. The van der Waals surface area contributed by atoms with Crippen LogP contribution in [0.25, 0.3) is 0 Å². The van der Waals surface area contributed by atoms with Gasteiger partial charge in [-0.25, -0.2) is 4.79 Å². The van der Waals surface area contributed by atoms with E-state index >= 15 is 0 Å². The summed E-state index contributed by atoms with van der Waals surface area (Å²) in [5.74, 6) is 0. The number of rotatable bonds is 1. The van der Waals surface area contributed by atoms with Gasteiger partial charge in [0.15, 0.2) is 0 Å². The second kappa shape index (κ2) is 5.98. The lowest BCUT2D eigenvalue weighted by atomic mass is 9.70. The lowest BCUT2D eigenvalue weighted by Gasteiger charge is -2.52. The molecule has 0 radical (unpaired) electrons. The summed E-state index contributed by atoms with van der Waals surface area (Å²) < 4.78 is 5.45. The van der Waals surface area contributed by atoms with E-state index < -0.39 is 16.7 Å². The average molecular weight is 313 g/mol. The zero-order valence-corrected chi connectivity index (χ0v) is 14.4. The van der Waals surface area contributed by atoms with Crippen LogP contribution in [0.15, 0.2) is 0 Å². The van der Waals surface area contributed by atoms with Gasteiger partial charge in [0.1, 0.15) is 5.60 Å². The number of hydrogen-bond donors (Lipinski definition) is 2. The minimum absolute atomic E-state index is 0.335. The maximum absolute atomic E-state index is 12.3. The Morgan fingerprint density at radius 3 is 2.32 bits per heavy atom. The van der Waals surface area contributed by atoms with E-state index in [9.17, 15) is 9.90 Å². The Balaban J connectivity index is 2.07. The average Bonchev–Trinajstić information content (AvgIpc) is 2.40. The number of carbonyl (C=O) groups excluding carboxylic acids is 1. The molecule has 2 rings (SSSR count). The molecule has 22 heavy (non-hydrogen) atoms. The molecule has 2 fully saturated rings. The Morgan fingerprint density at radius 2 is 1.77 bits per heavy atom. The van der Waals surface area contributed by atoms with Crippen molar-refractivity contribution < 1.29 is 14.6 Å². The zero-order chi connectivity index (χ0) is 16.6. The van der Waals surface area contributed by atoms with Crippen LogP contribution in [0.5, 0.6) is 0 Å². The molecule has 128 valence electrons. The van der Waals surface area contributed by atoms with Crippen molar-refractivity contribution in [2.75, 3.05) is 33.2 Å². The smallest absolute Gasteiger partial charge is 0.410 e. The van der Waals surface area contributed by atoms with Crippen LogP contribution in [-0.2, 0) is 4.74 Å². The normalized spacial score (nSPS) is 30.2. The summed E-state index contributed by atoms with van der Waals surface area (Å²) in [6.45, 7) is 8.24. The minimum atomic E-state index is -0.903. The third kappa shape index (κ3) is 3.73. The molecule has 2 aliphatic heterocycles. The van der Waals surface area contributed by atoms with E-state index in [1.807, 2.05) is 20.8 Å². The highest BCUT2D eigenvalue weighted by atomic mass is 16.6. The monoisotopic (exact) mass is 313 g/mol. The first-order valence-corrected chi connectivity index (χ1v) is 8.22. The fourth-order valence-electron chi connectivity index (χ4n) is 3.43. The lowest BCUT2D eigenvalue weighted by Crippen LogP contribution is -2.70. The molecular weight excluding hydrogens is 282 g/mol. The zero-order valence-electron chi connectivity index (χ0n) is 14.4. The molecule has 2 heterocycles. The molecule has 1 amide bonds. The Labute approximate surface area is 133 Å². The van der Waals surface area contributed by atoms with Crippen LogP contribution in [0, 0.1) is 0 Å². The second-order valence-corrected chi connectivity index (χ2v) is 8.00. The molecule has 0 aromatic rings. The fourth-order valence-corrected chi connectivity index (χ4v) is 3.43. The molecule has 3 N–H and O–H groups in total. The summed E-state index contributed by atoms with van der Waals surface area (Å²) in [5, 5.41) is 11.1. The highest BCUT2D eigenvalue weighted by Crippen LogP contribution is 2.37. The van der Waals surface area contributed by atoms with Gasteiger partial charge in [-0.3, -0.25) is 0 Å². The van der Waals surface area contributed by atoms with Gasteiger partial charge in [-0.1, -0.05) is 0 Å². The van der Waals surface area contributed by atoms with Crippen molar-refractivity contribution in [3.63, 3.8) is 0 Å². The summed E-state index contributed by atoms with van der Waals surface area (Å²) in [6.07, 6.45) is 2.52.